The number of fused-ring (bicyclic) bond motifs is 1. The second-order valence-electron chi connectivity index (χ2n) is 4.61. The van der Waals surface area contributed by atoms with Gasteiger partial charge < -0.3 is 14.4 Å². The van der Waals surface area contributed by atoms with E-state index in [2.05, 4.69) is 15.3 Å². The van der Waals surface area contributed by atoms with Gasteiger partial charge in [0.1, 0.15) is 12.1 Å². The second kappa shape index (κ2) is 5.00. The Bertz CT molecular complexity index is 488. The summed E-state index contributed by atoms with van der Waals surface area (Å²) in [5.41, 5.74) is 0.830. The van der Waals surface area contributed by atoms with Crippen LogP contribution in [0.15, 0.2) is 6.33 Å². The first-order valence-corrected chi connectivity index (χ1v) is 6.33. The van der Waals surface area contributed by atoms with Gasteiger partial charge in [0.15, 0.2) is 0 Å². The maximum absolute atomic E-state index is 12.1. The van der Waals surface area contributed by atoms with E-state index in [0.29, 0.717) is 31.5 Å². The quantitative estimate of drug-likeness (QED) is 0.862. The highest BCUT2D eigenvalue weighted by molar-refractivity contribution is 5.91. The SMILES string of the molecule is COc1ncnc2c1CN(C1CCOCC1)C(=O)N2. The van der Waals surface area contributed by atoms with Crippen molar-refractivity contribution in [3.63, 3.8) is 0 Å². The highest BCUT2D eigenvalue weighted by Crippen LogP contribution is 2.30. The van der Waals surface area contributed by atoms with Gasteiger partial charge in [0.25, 0.3) is 0 Å². The van der Waals surface area contributed by atoms with E-state index >= 15 is 0 Å². The van der Waals surface area contributed by atoms with Gasteiger partial charge in [0, 0.05) is 19.3 Å². The van der Waals surface area contributed by atoms with Crippen LogP contribution in [0.4, 0.5) is 10.6 Å². The molecule has 0 aromatic carbocycles. The molecular weight excluding hydrogens is 248 g/mol. The zero-order valence-electron chi connectivity index (χ0n) is 10.8. The third-order valence-electron chi connectivity index (χ3n) is 3.55. The van der Waals surface area contributed by atoms with Crippen molar-refractivity contribution < 1.29 is 14.3 Å². The van der Waals surface area contributed by atoms with E-state index < -0.39 is 0 Å². The number of carbonyl (C=O) groups excluding carboxylic acids is 1. The summed E-state index contributed by atoms with van der Waals surface area (Å²) in [6.45, 7) is 1.88. The number of aromatic nitrogens is 2. The topological polar surface area (TPSA) is 76.6 Å². The predicted octanol–water partition coefficient (Wildman–Crippen LogP) is 1.01. The van der Waals surface area contributed by atoms with E-state index in [4.69, 9.17) is 9.47 Å². The van der Waals surface area contributed by atoms with Crippen LogP contribution in [-0.4, -0.2) is 47.3 Å². The van der Waals surface area contributed by atoms with Crippen molar-refractivity contribution in [3.8, 4) is 5.88 Å². The molecule has 0 aliphatic carbocycles. The van der Waals surface area contributed by atoms with Gasteiger partial charge in [-0.25, -0.2) is 14.8 Å². The number of nitrogens with one attached hydrogen (secondary N) is 1. The molecule has 0 unspecified atom stereocenters. The van der Waals surface area contributed by atoms with Crippen LogP contribution < -0.4 is 10.1 Å². The molecule has 1 aromatic heterocycles. The number of amides is 2. The number of hydrogen-bond acceptors (Lipinski definition) is 5. The minimum atomic E-state index is -0.111. The summed E-state index contributed by atoms with van der Waals surface area (Å²) in [5, 5.41) is 2.80. The maximum atomic E-state index is 12.1. The molecule has 0 bridgehead atoms. The third kappa shape index (κ3) is 2.21. The summed E-state index contributed by atoms with van der Waals surface area (Å²) in [5.74, 6) is 1.06. The number of nitrogens with zero attached hydrogens (tertiary/aromatic N) is 3. The average Bonchev–Trinajstić information content (AvgIpc) is 2.46. The van der Waals surface area contributed by atoms with Crippen molar-refractivity contribution in [1.82, 2.24) is 14.9 Å². The lowest BCUT2D eigenvalue weighted by molar-refractivity contribution is 0.0450. The van der Waals surface area contributed by atoms with Gasteiger partial charge in [0.05, 0.1) is 19.2 Å². The molecule has 102 valence electrons. The van der Waals surface area contributed by atoms with Crippen molar-refractivity contribution in [3.05, 3.63) is 11.9 Å². The monoisotopic (exact) mass is 264 g/mol. The van der Waals surface area contributed by atoms with E-state index in [0.717, 1.165) is 18.4 Å². The fourth-order valence-electron chi connectivity index (χ4n) is 2.53. The first-order valence-electron chi connectivity index (χ1n) is 6.33. The second-order valence-corrected chi connectivity index (χ2v) is 4.61. The number of urea groups is 1. The summed E-state index contributed by atoms with van der Waals surface area (Å²) in [6.07, 6.45) is 3.11. The average molecular weight is 264 g/mol. The van der Waals surface area contributed by atoms with Crippen LogP contribution in [0.25, 0.3) is 0 Å². The normalized spacial score (nSPS) is 19.8. The summed E-state index contributed by atoms with van der Waals surface area (Å²) in [7, 11) is 1.57. The van der Waals surface area contributed by atoms with Crippen LogP contribution >= 0.6 is 0 Å². The summed E-state index contributed by atoms with van der Waals surface area (Å²) < 4.78 is 10.6. The van der Waals surface area contributed by atoms with Crippen LogP contribution in [0.5, 0.6) is 5.88 Å². The lowest BCUT2D eigenvalue weighted by atomic mass is 10.1. The highest BCUT2D eigenvalue weighted by Gasteiger charge is 2.32. The first kappa shape index (κ1) is 12.2. The molecule has 1 aromatic rings. The van der Waals surface area contributed by atoms with Gasteiger partial charge in [-0.3, -0.25) is 5.32 Å². The van der Waals surface area contributed by atoms with Crippen LogP contribution in [0.2, 0.25) is 0 Å². The largest absolute Gasteiger partial charge is 0.481 e. The molecule has 2 aliphatic rings. The molecular formula is C12H16N4O3. The van der Waals surface area contributed by atoms with Gasteiger partial charge >= 0.3 is 6.03 Å². The Kier molecular flexibility index (Phi) is 3.20. The number of rotatable bonds is 2. The summed E-state index contributed by atoms with van der Waals surface area (Å²) in [4.78, 5) is 22.1. The molecule has 0 spiro atoms. The van der Waals surface area contributed by atoms with Crippen molar-refractivity contribution >= 4 is 11.8 Å². The highest BCUT2D eigenvalue weighted by atomic mass is 16.5. The van der Waals surface area contributed by atoms with Crippen molar-refractivity contribution in [2.45, 2.75) is 25.4 Å². The lowest BCUT2D eigenvalue weighted by Gasteiger charge is -2.37. The van der Waals surface area contributed by atoms with Crippen molar-refractivity contribution in [2.24, 2.45) is 0 Å². The summed E-state index contributed by atoms with van der Waals surface area (Å²) >= 11 is 0. The molecule has 2 aliphatic heterocycles. The molecule has 0 atom stereocenters. The van der Waals surface area contributed by atoms with Gasteiger partial charge in [-0.2, -0.15) is 0 Å². The van der Waals surface area contributed by atoms with E-state index in [9.17, 15) is 4.79 Å². The molecule has 2 amide bonds. The smallest absolute Gasteiger partial charge is 0.323 e. The Morgan fingerprint density at radius 1 is 1.42 bits per heavy atom. The van der Waals surface area contributed by atoms with E-state index in [1.807, 2.05) is 4.90 Å². The van der Waals surface area contributed by atoms with Gasteiger partial charge in [-0.1, -0.05) is 0 Å². The van der Waals surface area contributed by atoms with Crippen LogP contribution in [0.3, 0.4) is 0 Å². The van der Waals surface area contributed by atoms with Crippen LogP contribution in [-0.2, 0) is 11.3 Å². The molecule has 0 radical (unpaired) electrons. The molecule has 0 saturated carbocycles. The zero-order chi connectivity index (χ0) is 13.2. The minimum absolute atomic E-state index is 0.111. The van der Waals surface area contributed by atoms with Crippen LogP contribution in [0, 0.1) is 0 Å². The van der Waals surface area contributed by atoms with E-state index in [1.54, 1.807) is 7.11 Å². The first-order chi connectivity index (χ1) is 9.29. The van der Waals surface area contributed by atoms with Crippen LogP contribution in [0.1, 0.15) is 18.4 Å². The number of methoxy groups -OCH3 is 1. The standard InChI is InChI=1S/C12H16N4O3/c1-18-11-9-6-16(8-2-4-19-5-3-8)12(17)15-10(9)13-7-14-11/h7-8H,2-6H2,1H3,(H,13,14,15,17). The minimum Gasteiger partial charge on any atom is -0.481 e. The third-order valence-corrected chi connectivity index (χ3v) is 3.55. The van der Waals surface area contributed by atoms with Gasteiger partial charge in [0.2, 0.25) is 5.88 Å². The number of ether oxygens (including phenoxy) is 2. The molecule has 1 fully saturated rings. The number of anilines is 1. The Hall–Kier alpha value is -1.89. The Labute approximate surface area is 110 Å². The molecule has 19 heavy (non-hydrogen) atoms. The number of carbonyl (C=O) groups is 1. The Balaban J connectivity index is 1.87. The summed E-state index contributed by atoms with van der Waals surface area (Å²) in [6, 6.07) is 0.0898. The molecule has 3 heterocycles. The fourth-order valence-corrected chi connectivity index (χ4v) is 2.53. The van der Waals surface area contributed by atoms with Gasteiger partial charge in [-0.15, -0.1) is 0 Å². The van der Waals surface area contributed by atoms with E-state index in [-0.39, 0.29) is 12.1 Å². The Morgan fingerprint density at radius 3 is 2.95 bits per heavy atom. The predicted molar refractivity (Wildman–Crippen MR) is 67.0 cm³/mol. The number of hydrogen-bond donors (Lipinski definition) is 1. The molecule has 3 rings (SSSR count). The molecule has 1 N–H and O–H groups in total. The maximum Gasteiger partial charge on any atom is 0.323 e. The Morgan fingerprint density at radius 2 is 2.21 bits per heavy atom. The van der Waals surface area contributed by atoms with E-state index in [1.165, 1.54) is 6.33 Å². The molecule has 7 nitrogen and oxygen atoms in total. The fraction of sp³-hybridized carbons (Fsp3) is 0.583. The molecule has 7 heteroatoms. The van der Waals surface area contributed by atoms with Gasteiger partial charge in [-0.05, 0) is 12.8 Å². The van der Waals surface area contributed by atoms with Crippen molar-refractivity contribution in [1.29, 1.82) is 0 Å². The lowest BCUT2D eigenvalue weighted by Crippen LogP contribution is -2.47. The van der Waals surface area contributed by atoms with Crippen molar-refractivity contribution in [2.75, 3.05) is 25.6 Å². The molecule has 1 saturated heterocycles. The zero-order valence-corrected chi connectivity index (χ0v) is 10.8.